The average Bonchev–Trinajstić information content (AvgIpc) is 2.37. The van der Waals surface area contributed by atoms with Crippen molar-refractivity contribution in [2.24, 2.45) is 0 Å². The summed E-state index contributed by atoms with van der Waals surface area (Å²) in [7, 11) is -4.16. The predicted octanol–water partition coefficient (Wildman–Crippen LogP) is 2.57. The SMILES string of the molecule is [O]c1cccc(NS(=O)(=O)NC(=O)c2ccccc2Cl)c1. The second-order valence-electron chi connectivity index (χ2n) is 4.04. The van der Waals surface area contributed by atoms with E-state index < -0.39 is 16.1 Å². The Morgan fingerprint density at radius 3 is 2.43 bits per heavy atom. The first-order chi connectivity index (χ1) is 9.87. The number of hydrogen-bond acceptors (Lipinski definition) is 3. The van der Waals surface area contributed by atoms with E-state index in [2.05, 4.69) is 4.72 Å². The number of nitrogens with one attached hydrogen (secondary N) is 2. The quantitative estimate of drug-likeness (QED) is 0.904. The number of hydrogen-bond donors (Lipinski definition) is 2. The highest BCUT2D eigenvalue weighted by molar-refractivity contribution is 7.91. The molecule has 2 aromatic carbocycles. The van der Waals surface area contributed by atoms with Crippen molar-refractivity contribution >= 4 is 33.4 Å². The molecule has 0 aliphatic heterocycles. The van der Waals surface area contributed by atoms with Gasteiger partial charge in [-0.2, -0.15) is 8.42 Å². The largest absolute Gasteiger partial charge is 0.323 e. The Morgan fingerprint density at radius 2 is 1.76 bits per heavy atom. The van der Waals surface area contributed by atoms with Gasteiger partial charge >= 0.3 is 10.2 Å². The van der Waals surface area contributed by atoms with Gasteiger partial charge in [0.1, 0.15) is 0 Å². The number of carbonyl (C=O) groups excluding carboxylic acids is 1. The van der Waals surface area contributed by atoms with Crippen LogP contribution in [0.4, 0.5) is 5.69 Å². The number of rotatable bonds is 4. The molecule has 0 atom stereocenters. The molecule has 2 rings (SSSR count). The molecule has 0 aliphatic rings. The molecule has 0 saturated carbocycles. The van der Waals surface area contributed by atoms with E-state index in [1.165, 1.54) is 30.3 Å². The minimum atomic E-state index is -4.16. The van der Waals surface area contributed by atoms with E-state index in [0.717, 1.165) is 6.07 Å². The van der Waals surface area contributed by atoms with Gasteiger partial charge in [0.2, 0.25) is 0 Å². The molecule has 109 valence electrons. The third-order valence-corrected chi connectivity index (χ3v) is 3.72. The van der Waals surface area contributed by atoms with E-state index in [-0.39, 0.29) is 22.0 Å². The molecule has 0 fully saturated rings. The van der Waals surface area contributed by atoms with Crippen LogP contribution in [0.15, 0.2) is 48.5 Å². The Morgan fingerprint density at radius 1 is 1.05 bits per heavy atom. The summed E-state index contributed by atoms with van der Waals surface area (Å²) in [6, 6.07) is 11.2. The fraction of sp³-hybridized carbons (Fsp3) is 0. The van der Waals surface area contributed by atoms with Crippen molar-refractivity contribution in [3.63, 3.8) is 0 Å². The van der Waals surface area contributed by atoms with Gasteiger partial charge in [-0.15, -0.1) is 0 Å². The topological polar surface area (TPSA) is 95.2 Å². The van der Waals surface area contributed by atoms with Gasteiger partial charge in [0.05, 0.1) is 16.3 Å². The van der Waals surface area contributed by atoms with Crippen molar-refractivity contribution in [3.05, 3.63) is 59.1 Å². The van der Waals surface area contributed by atoms with Crippen LogP contribution in [0.2, 0.25) is 5.02 Å². The first-order valence-corrected chi connectivity index (χ1v) is 7.60. The van der Waals surface area contributed by atoms with Crippen LogP contribution >= 0.6 is 11.6 Å². The first-order valence-electron chi connectivity index (χ1n) is 5.74. The Kier molecular flexibility index (Phi) is 4.35. The van der Waals surface area contributed by atoms with Gasteiger partial charge in [0, 0.05) is 6.07 Å². The highest BCUT2D eigenvalue weighted by Gasteiger charge is 2.17. The van der Waals surface area contributed by atoms with Crippen LogP contribution in [0.3, 0.4) is 0 Å². The predicted molar refractivity (Wildman–Crippen MR) is 78.0 cm³/mol. The van der Waals surface area contributed by atoms with Crippen molar-refractivity contribution in [2.45, 2.75) is 0 Å². The molecule has 0 aromatic heterocycles. The zero-order valence-corrected chi connectivity index (χ0v) is 12.1. The van der Waals surface area contributed by atoms with Gasteiger partial charge in [0.15, 0.2) is 5.75 Å². The molecular formula is C13H10ClN2O4S. The lowest BCUT2D eigenvalue weighted by atomic mass is 10.2. The molecule has 21 heavy (non-hydrogen) atoms. The smallest absolute Gasteiger partial charge is 0.290 e. The molecule has 0 heterocycles. The normalized spacial score (nSPS) is 10.9. The Hall–Kier alpha value is -2.25. The zero-order chi connectivity index (χ0) is 15.5. The molecule has 0 aliphatic carbocycles. The zero-order valence-electron chi connectivity index (χ0n) is 10.5. The van der Waals surface area contributed by atoms with Crippen LogP contribution in [0, 0.1) is 0 Å². The summed E-state index contributed by atoms with van der Waals surface area (Å²) >= 11 is 5.81. The number of carbonyl (C=O) groups is 1. The average molecular weight is 326 g/mol. The molecule has 0 spiro atoms. The summed E-state index contributed by atoms with van der Waals surface area (Å²) < 4.78 is 27.5. The summed E-state index contributed by atoms with van der Waals surface area (Å²) in [5, 5.41) is 11.3. The lowest BCUT2D eigenvalue weighted by Gasteiger charge is -2.10. The highest BCUT2D eigenvalue weighted by Crippen LogP contribution is 2.18. The molecule has 0 saturated heterocycles. The summed E-state index contributed by atoms with van der Waals surface area (Å²) in [6.45, 7) is 0. The van der Waals surface area contributed by atoms with Crippen molar-refractivity contribution in [1.29, 1.82) is 0 Å². The second kappa shape index (κ2) is 6.02. The Balaban J connectivity index is 2.15. The minimum absolute atomic E-state index is 0.0297. The van der Waals surface area contributed by atoms with Crippen molar-refractivity contribution in [2.75, 3.05) is 4.72 Å². The van der Waals surface area contributed by atoms with Crippen LogP contribution < -0.4 is 9.44 Å². The van der Waals surface area contributed by atoms with Gasteiger partial charge in [-0.1, -0.05) is 29.8 Å². The third kappa shape index (κ3) is 4.11. The summed E-state index contributed by atoms with van der Waals surface area (Å²) in [5.41, 5.74) is 0.0871. The number of halogens is 1. The maximum absolute atomic E-state index is 11.9. The Bertz CT molecular complexity index is 777. The molecule has 8 heteroatoms. The van der Waals surface area contributed by atoms with E-state index in [1.807, 2.05) is 4.72 Å². The van der Waals surface area contributed by atoms with E-state index in [4.69, 9.17) is 11.6 Å². The number of benzene rings is 2. The summed E-state index contributed by atoms with van der Waals surface area (Å²) in [6.07, 6.45) is 0. The maximum Gasteiger partial charge on any atom is 0.323 e. The number of anilines is 1. The molecular weight excluding hydrogens is 316 g/mol. The minimum Gasteiger partial charge on any atom is -0.290 e. The molecule has 2 N–H and O–H groups in total. The van der Waals surface area contributed by atoms with Crippen LogP contribution in [-0.4, -0.2) is 14.3 Å². The third-order valence-electron chi connectivity index (χ3n) is 2.43. The second-order valence-corrected chi connectivity index (χ2v) is 5.87. The summed E-state index contributed by atoms with van der Waals surface area (Å²) in [5.74, 6) is -1.22. The standard InChI is InChI=1S/C13H10ClN2O4S/c14-12-7-2-1-6-11(12)13(18)16-21(19,20)15-9-4-3-5-10(17)8-9/h1-8,15H,(H,16,18). The van der Waals surface area contributed by atoms with Crippen LogP contribution in [-0.2, 0) is 15.3 Å². The van der Waals surface area contributed by atoms with Crippen molar-refractivity contribution < 1.29 is 18.3 Å². The van der Waals surface area contributed by atoms with Gasteiger partial charge in [0.25, 0.3) is 5.91 Å². The van der Waals surface area contributed by atoms with Crippen LogP contribution in [0.25, 0.3) is 0 Å². The fourth-order valence-electron chi connectivity index (χ4n) is 1.56. The molecule has 1 amide bonds. The van der Waals surface area contributed by atoms with Gasteiger partial charge < -0.3 is 0 Å². The van der Waals surface area contributed by atoms with Crippen molar-refractivity contribution in [3.8, 4) is 5.75 Å². The summed E-state index contributed by atoms with van der Waals surface area (Å²) in [4.78, 5) is 11.9. The van der Waals surface area contributed by atoms with E-state index >= 15 is 0 Å². The molecule has 0 unspecified atom stereocenters. The monoisotopic (exact) mass is 325 g/mol. The number of amides is 1. The molecule has 0 bridgehead atoms. The van der Waals surface area contributed by atoms with E-state index in [9.17, 15) is 18.3 Å². The molecule has 1 radical (unpaired) electrons. The van der Waals surface area contributed by atoms with Crippen LogP contribution in [0.1, 0.15) is 10.4 Å². The first kappa shape index (κ1) is 15.1. The van der Waals surface area contributed by atoms with Gasteiger partial charge in [-0.05, 0) is 24.3 Å². The van der Waals surface area contributed by atoms with E-state index in [1.54, 1.807) is 12.1 Å². The van der Waals surface area contributed by atoms with Crippen molar-refractivity contribution in [1.82, 2.24) is 4.72 Å². The maximum atomic E-state index is 11.9. The Labute approximate surface area is 126 Å². The van der Waals surface area contributed by atoms with E-state index in [0.29, 0.717) is 0 Å². The molecule has 2 aromatic rings. The molecule has 6 nitrogen and oxygen atoms in total. The lowest BCUT2D eigenvalue weighted by molar-refractivity contribution is 0.0982. The lowest BCUT2D eigenvalue weighted by Crippen LogP contribution is -2.35. The van der Waals surface area contributed by atoms with Crippen LogP contribution in [0.5, 0.6) is 5.75 Å². The van der Waals surface area contributed by atoms with Gasteiger partial charge in [-0.3, -0.25) is 14.6 Å². The highest BCUT2D eigenvalue weighted by atomic mass is 35.5. The van der Waals surface area contributed by atoms with Gasteiger partial charge in [-0.25, -0.2) is 4.72 Å². The fourth-order valence-corrected chi connectivity index (χ4v) is 2.63.